The topological polar surface area (TPSA) is 26.0 Å². The van der Waals surface area contributed by atoms with Crippen LogP contribution in [0.1, 0.15) is 24.5 Å². The highest BCUT2D eigenvalue weighted by Gasteiger charge is 1.97. The van der Waals surface area contributed by atoms with Gasteiger partial charge in [-0.25, -0.2) is 0 Å². The van der Waals surface area contributed by atoms with E-state index in [9.17, 15) is 0 Å². The zero-order valence-electron chi connectivity index (χ0n) is 8.02. The lowest BCUT2D eigenvalue weighted by molar-refractivity contribution is 0.830. The molecule has 1 nitrogen and oxygen atoms in total. The standard InChI is InChI=1S/C11H16BrN/c1-2-9-6-10(4-3-5-13)8-11(12)7-9/h6-8H,2-5,13H2,1H3. The van der Waals surface area contributed by atoms with Crippen molar-refractivity contribution in [2.75, 3.05) is 6.54 Å². The van der Waals surface area contributed by atoms with Gasteiger partial charge in [0.1, 0.15) is 0 Å². The monoisotopic (exact) mass is 241 g/mol. The quantitative estimate of drug-likeness (QED) is 0.863. The summed E-state index contributed by atoms with van der Waals surface area (Å²) in [6, 6.07) is 6.61. The van der Waals surface area contributed by atoms with Gasteiger partial charge in [0.2, 0.25) is 0 Å². The summed E-state index contributed by atoms with van der Waals surface area (Å²) in [5, 5.41) is 0. The Bertz CT molecular complexity index is 271. The van der Waals surface area contributed by atoms with E-state index in [2.05, 4.69) is 41.1 Å². The minimum Gasteiger partial charge on any atom is -0.330 e. The summed E-state index contributed by atoms with van der Waals surface area (Å²) in [6.45, 7) is 2.95. The van der Waals surface area contributed by atoms with Gasteiger partial charge in [0.05, 0.1) is 0 Å². The molecule has 0 amide bonds. The molecule has 0 aliphatic rings. The molecular weight excluding hydrogens is 226 g/mol. The third-order valence-electron chi connectivity index (χ3n) is 2.10. The number of nitrogens with two attached hydrogens (primary N) is 1. The smallest absolute Gasteiger partial charge is 0.0180 e. The van der Waals surface area contributed by atoms with Gasteiger partial charge in [-0.1, -0.05) is 28.9 Å². The van der Waals surface area contributed by atoms with Gasteiger partial charge in [0.15, 0.2) is 0 Å². The fraction of sp³-hybridized carbons (Fsp3) is 0.455. The van der Waals surface area contributed by atoms with Crippen molar-refractivity contribution in [2.24, 2.45) is 5.73 Å². The van der Waals surface area contributed by atoms with Crippen LogP contribution < -0.4 is 5.73 Å². The van der Waals surface area contributed by atoms with Gasteiger partial charge in [0, 0.05) is 4.47 Å². The van der Waals surface area contributed by atoms with Crippen LogP contribution in [0.4, 0.5) is 0 Å². The van der Waals surface area contributed by atoms with E-state index in [1.54, 1.807) is 0 Å². The number of benzene rings is 1. The first kappa shape index (κ1) is 10.7. The minimum atomic E-state index is 0.772. The van der Waals surface area contributed by atoms with Crippen LogP contribution in [-0.4, -0.2) is 6.54 Å². The van der Waals surface area contributed by atoms with Gasteiger partial charge in [0.25, 0.3) is 0 Å². The van der Waals surface area contributed by atoms with Crippen LogP contribution in [0, 0.1) is 0 Å². The maximum Gasteiger partial charge on any atom is 0.0180 e. The van der Waals surface area contributed by atoms with Gasteiger partial charge < -0.3 is 5.73 Å². The van der Waals surface area contributed by atoms with Crippen molar-refractivity contribution in [3.05, 3.63) is 33.8 Å². The Hall–Kier alpha value is -0.340. The van der Waals surface area contributed by atoms with Gasteiger partial charge >= 0.3 is 0 Å². The first-order valence-corrected chi connectivity index (χ1v) is 5.54. The van der Waals surface area contributed by atoms with Crippen LogP contribution in [0.2, 0.25) is 0 Å². The Morgan fingerprint density at radius 2 is 1.92 bits per heavy atom. The van der Waals surface area contributed by atoms with Gasteiger partial charge in [-0.2, -0.15) is 0 Å². The van der Waals surface area contributed by atoms with Crippen molar-refractivity contribution < 1.29 is 0 Å². The van der Waals surface area contributed by atoms with Crippen molar-refractivity contribution in [2.45, 2.75) is 26.2 Å². The average Bonchev–Trinajstić information content (AvgIpc) is 2.14. The number of rotatable bonds is 4. The molecule has 0 radical (unpaired) electrons. The number of hydrogen-bond acceptors (Lipinski definition) is 1. The molecule has 0 atom stereocenters. The molecule has 0 unspecified atom stereocenters. The van der Waals surface area contributed by atoms with Crippen molar-refractivity contribution in [1.82, 2.24) is 0 Å². The molecular formula is C11H16BrN. The molecule has 2 N–H and O–H groups in total. The first-order chi connectivity index (χ1) is 6.26. The second-order valence-electron chi connectivity index (χ2n) is 3.21. The van der Waals surface area contributed by atoms with Gasteiger partial charge in [-0.05, 0) is 49.1 Å². The summed E-state index contributed by atoms with van der Waals surface area (Å²) in [4.78, 5) is 0. The second kappa shape index (κ2) is 5.40. The van der Waals surface area contributed by atoms with E-state index in [0.29, 0.717) is 0 Å². The Kier molecular flexibility index (Phi) is 4.46. The summed E-state index contributed by atoms with van der Waals surface area (Å²) in [5.41, 5.74) is 8.25. The molecule has 0 saturated carbocycles. The summed E-state index contributed by atoms with van der Waals surface area (Å²) in [6.07, 6.45) is 3.25. The number of halogens is 1. The molecule has 0 spiro atoms. The first-order valence-electron chi connectivity index (χ1n) is 4.74. The predicted octanol–water partition coefficient (Wildman–Crippen LogP) is 2.90. The van der Waals surface area contributed by atoms with E-state index in [1.165, 1.54) is 15.6 Å². The minimum absolute atomic E-state index is 0.772. The molecule has 0 aliphatic carbocycles. The van der Waals surface area contributed by atoms with Crippen molar-refractivity contribution in [3.63, 3.8) is 0 Å². The lowest BCUT2D eigenvalue weighted by Gasteiger charge is -2.04. The molecule has 13 heavy (non-hydrogen) atoms. The zero-order valence-corrected chi connectivity index (χ0v) is 9.60. The Labute approximate surface area is 88.5 Å². The molecule has 0 bridgehead atoms. The van der Waals surface area contributed by atoms with Crippen LogP contribution in [0.15, 0.2) is 22.7 Å². The third-order valence-corrected chi connectivity index (χ3v) is 2.55. The van der Waals surface area contributed by atoms with E-state index in [1.807, 2.05) is 0 Å². The number of aryl methyl sites for hydroxylation is 2. The predicted molar refractivity (Wildman–Crippen MR) is 60.9 cm³/mol. The van der Waals surface area contributed by atoms with Crippen molar-refractivity contribution in [3.8, 4) is 0 Å². The maximum atomic E-state index is 5.47. The van der Waals surface area contributed by atoms with E-state index < -0.39 is 0 Å². The van der Waals surface area contributed by atoms with Crippen LogP contribution in [-0.2, 0) is 12.8 Å². The summed E-state index contributed by atoms with van der Waals surface area (Å²) >= 11 is 3.51. The molecule has 2 heteroatoms. The highest BCUT2D eigenvalue weighted by atomic mass is 79.9. The average molecular weight is 242 g/mol. The summed E-state index contributed by atoms with van der Waals surface area (Å²) in [7, 11) is 0. The second-order valence-corrected chi connectivity index (χ2v) is 4.13. The van der Waals surface area contributed by atoms with E-state index in [0.717, 1.165) is 25.8 Å². The van der Waals surface area contributed by atoms with Crippen LogP contribution >= 0.6 is 15.9 Å². The molecule has 1 aromatic rings. The lowest BCUT2D eigenvalue weighted by atomic mass is 10.1. The Morgan fingerprint density at radius 3 is 2.54 bits per heavy atom. The summed E-state index contributed by atoms with van der Waals surface area (Å²) < 4.78 is 1.18. The fourth-order valence-corrected chi connectivity index (χ4v) is 1.96. The van der Waals surface area contributed by atoms with Crippen molar-refractivity contribution in [1.29, 1.82) is 0 Å². The largest absolute Gasteiger partial charge is 0.330 e. The zero-order chi connectivity index (χ0) is 9.68. The molecule has 0 aliphatic heterocycles. The Balaban J connectivity index is 2.76. The maximum absolute atomic E-state index is 5.47. The van der Waals surface area contributed by atoms with Gasteiger partial charge in [-0.15, -0.1) is 0 Å². The van der Waals surface area contributed by atoms with Crippen LogP contribution in [0.5, 0.6) is 0 Å². The normalized spacial score (nSPS) is 10.4. The SMILES string of the molecule is CCc1cc(Br)cc(CCCN)c1. The molecule has 1 aromatic carbocycles. The van der Waals surface area contributed by atoms with Gasteiger partial charge in [-0.3, -0.25) is 0 Å². The van der Waals surface area contributed by atoms with E-state index >= 15 is 0 Å². The third kappa shape index (κ3) is 3.49. The molecule has 0 aromatic heterocycles. The summed E-state index contributed by atoms with van der Waals surface area (Å²) in [5.74, 6) is 0. The van der Waals surface area contributed by atoms with E-state index in [4.69, 9.17) is 5.73 Å². The molecule has 0 saturated heterocycles. The Morgan fingerprint density at radius 1 is 1.23 bits per heavy atom. The lowest BCUT2D eigenvalue weighted by Crippen LogP contribution is -2.00. The number of hydrogen-bond donors (Lipinski definition) is 1. The van der Waals surface area contributed by atoms with E-state index in [-0.39, 0.29) is 0 Å². The van der Waals surface area contributed by atoms with Crippen LogP contribution in [0.3, 0.4) is 0 Å². The molecule has 0 heterocycles. The van der Waals surface area contributed by atoms with Crippen LogP contribution in [0.25, 0.3) is 0 Å². The molecule has 0 fully saturated rings. The van der Waals surface area contributed by atoms with Crippen molar-refractivity contribution >= 4 is 15.9 Å². The fourth-order valence-electron chi connectivity index (χ4n) is 1.37. The molecule has 72 valence electrons. The molecule has 1 rings (SSSR count). The highest BCUT2D eigenvalue weighted by Crippen LogP contribution is 2.17. The highest BCUT2D eigenvalue weighted by molar-refractivity contribution is 9.10.